The third-order valence-electron chi connectivity index (χ3n) is 3.22. The summed E-state index contributed by atoms with van der Waals surface area (Å²) < 4.78 is 6.82. The number of hydrogen-bond acceptors (Lipinski definition) is 5. The molecule has 0 N–H and O–H groups in total. The van der Waals surface area contributed by atoms with Crippen molar-refractivity contribution in [3.8, 4) is 0 Å². The number of carbonyl (C=O) groups is 1. The normalized spacial score (nSPS) is 14.2. The molecule has 0 saturated heterocycles. The molecule has 0 atom stereocenters. The molecule has 1 saturated carbocycles. The van der Waals surface area contributed by atoms with E-state index in [4.69, 9.17) is 0 Å². The van der Waals surface area contributed by atoms with Gasteiger partial charge in [-0.1, -0.05) is 23.9 Å². The summed E-state index contributed by atoms with van der Waals surface area (Å²) in [6.07, 6.45) is 4.25. The lowest BCUT2D eigenvalue weighted by molar-refractivity contribution is 0.0600. The summed E-state index contributed by atoms with van der Waals surface area (Å²) in [5.41, 5.74) is 1.72. The Balaban J connectivity index is 1.63. The van der Waals surface area contributed by atoms with Gasteiger partial charge in [0.05, 0.1) is 12.7 Å². The van der Waals surface area contributed by atoms with Crippen molar-refractivity contribution in [1.82, 2.24) is 14.8 Å². The number of hydrogen-bond donors (Lipinski definition) is 0. The van der Waals surface area contributed by atoms with Gasteiger partial charge in [0.2, 0.25) is 0 Å². The van der Waals surface area contributed by atoms with E-state index in [0.29, 0.717) is 11.6 Å². The first-order valence-corrected chi connectivity index (χ1v) is 7.46. The SMILES string of the molecule is COC(=O)c1ccc(CSc2nncn2C2CC2)cc1. The molecule has 1 aromatic heterocycles. The van der Waals surface area contributed by atoms with Gasteiger partial charge in [-0.3, -0.25) is 0 Å². The maximum Gasteiger partial charge on any atom is 0.337 e. The molecular formula is C14H15N3O2S. The van der Waals surface area contributed by atoms with Crippen molar-refractivity contribution >= 4 is 17.7 Å². The molecule has 1 fully saturated rings. The van der Waals surface area contributed by atoms with Crippen LogP contribution in [0.2, 0.25) is 0 Å². The highest BCUT2D eigenvalue weighted by atomic mass is 32.2. The minimum atomic E-state index is -0.308. The lowest BCUT2D eigenvalue weighted by atomic mass is 10.1. The monoisotopic (exact) mass is 289 g/mol. The third-order valence-corrected chi connectivity index (χ3v) is 4.25. The Morgan fingerprint density at radius 3 is 2.80 bits per heavy atom. The highest BCUT2D eigenvalue weighted by Gasteiger charge is 2.26. The molecule has 0 spiro atoms. The average Bonchev–Trinajstić information content (AvgIpc) is 3.23. The van der Waals surface area contributed by atoms with Crippen LogP contribution in [0.25, 0.3) is 0 Å². The summed E-state index contributed by atoms with van der Waals surface area (Å²) in [5, 5.41) is 9.09. The minimum absolute atomic E-state index is 0.308. The third kappa shape index (κ3) is 2.85. The minimum Gasteiger partial charge on any atom is -0.465 e. The van der Waals surface area contributed by atoms with Crippen LogP contribution in [0.5, 0.6) is 0 Å². The second kappa shape index (κ2) is 5.66. The molecule has 0 amide bonds. The van der Waals surface area contributed by atoms with Gasteiger partial charge in [-0.15, -0.1) is 10.2 Å². The van der Waals surface area contributed by atoms with Crippen molar-refractivity contribution in [3.05, 3.63) is 41.7 Å². The standard InChI is InChI=1S/C14H15N3O2S/c1-19-13(18)11-4-2-10(3-5-11)8-20-14-16-15-9-17(14)12-6-7-12/h2-5,9,12H,6-8H2,1H3. The van der Waals surface area contributed by atoms with Crippen molar-refractivity contribution in [3.63, 3.8) is 0 Å². The second-order valence-corrected chi connectivity index (χ2v) is 5.67. The average molecular weight is 289 g/mol. The largest absolute Gasteiger partial charge is 0.465 e. The quantitative estimate of drug-likeness (QED) is 0.625. The Bertz CT molecular complexity index is 605. The zero-order chi connectivity index (χ0) is 13.9. The smallest absolute Gasteiger partial charge is 0.337 e. The van der Waals surface area contributed by atoms with Gasteiger partial charge in [0, 0.05) is 11.8 Å². The fraction of sp³-hybridized carbons (Fsp3) is 0.357. The van der Waals surface area contributed by atoms with E-state index in [1.165, 1.54) is 20.0 Å². The Kier molecular flexibility index (Phi) is 3.73. The molecule has 104 valence electrons. The lowest BCUT2D eigenvalue weighted by Crippen LogP contribution is -2.00. The van der Waals surface area contributed by atoms with Crippen LogP contribution in [-0.4, -0.2) is 27.8 Å². The van der Waals surface area contributed by atoms with E-state index in [1.54, 1.807) is 30.2 Å². The van der Waals surface area contributed by atoms with Gasteiger partial charge in [0.25, 0.3) is 0 Å². The van der Waals surface area contributed by atoms with Crippen molar-refractivity contribution in [2.75, 3.05) is 7.11 Å². The van der Waals surface area contributed by atoms with Gasteiger partial charge in [-0.2, -0.15) is 0 Å². The summed E-state index contributed by atoms with van der Waals surface area (Å²) in [4.78, 5) is 11.3. The van der Waals surface area contributed by atoms with Crippen molar-refractivity contribution in [2.24, 2.45) is 0 Å². The number of esters is 1. The first-order chi connectivity index (χ1) is 9.78. The van der Waals surface area contributed by atoms with Crippen LogP contribution >= 0.6 is 11.8 Å². The maximum atomic E-state index is 11.3. The summed E-state index contributed by atoms with van der Waals surface area (Å²) in [6, 6.07) is 8.05. The highest BCUT2D eigenvalue weighted by Crippen LogP contribution is 2.37. The number of benzene rings is 1. The van der Waals surface area contributed by atoms with Crippen LogP contribution in [0, 0.1) is 0 Å². The number of aromatic nitrogens is 3. The second-order valence-electron chi connectivity index (χ2n) is 4.73. The zero-order valence-corrected chi connectivity index (χ0v) is 12.0. The van der Waals surface area contributed by atoms with E-state index in [0.717, 1.165) is 16.5 Å². The van der Waals surface area contributed by atoms with Crippen molar-refractivity contribution in [2.45, 2.75) is 29.8 Å². The first-order valence-electron chi connectivity index (χ1n) is 6.47. The zero-order valence-electron chi connectivity index (χ0n) is 11.2. The van der Waals surface area contributed by atoms with E-state index in [-0.39, 0.29) is 5.97 Å². The molecule has 1 aromatic carbocycles. The lowest BCUT2D eigenvalue weighted by Gasteiger charge is -2.05. The van der Waals surface area contributed by atoms with Gasteiger partial charge < -0.3 is 9.30 Å². The van der Waals surface area contributed by atoms with Crippen LogP contribution in [0.1, 0.15) is 34.8 Å². The molecule has 5 nitrogen and oxygen atoms in total. The fourth-order valence-corrected chi connectivity index (χ4v) is 2.88. The molecule has 20 heavy (non-hydrogen) atoms. The summed E-state index contributed by atoms with van der Waals surface area (Å²) >= 11 is 1.67. The van der Waals surface area contributed by atoms with Gasteiger partial charge in [-0.05, 0) is 30.5 Å². The number of ether oxygens (including phenoxy) is 1. The molecule has 1 aliphatic rings. The summed E-state index contributed by atoms with van der Waals surface area (Å²) in [5.74, 6) is 0.505. The molecular weight excluding hydrogens is 274 g/mol. The molecule has 3 rings (SSSR count). The number of carbonyl (C=O) groups excluding carboxylic acids is 1. The number of nitrogens with zero attached hydrogens (tertiary/aromatic N) is 3. The Morgan fingerprint density at radius 1 is 1.40 bits per heavy atom. The molecule has 6 heteroatoms. The van der Waals surface area contributed by atoms with E-state index in [2.05, 4.69) is 19.5 Å². The van der Waals surface area contributed by atoms with Crippen LogP contribution in [0.4, 0.5) is 0 Å². The van der Waals surface area contributed by atoms with Gasteiger partial charge in [0.15, 0.2) is 5.16 Å². The highest BCUT2D eigenvalue weighted by molar-refractivity contribution is 7.98. The topological polar surface area (TPSA) is 57.0 Å². The molecule has 2 aromatic rings. The van der Waals surface area contributed by atoms with E-state index >= 15 is 0 Å². The van der Waals surface area contributed by atoms with Crippen LogP contribution in [-0.2, 0) is 10.5 Å². The van der Waals surface area contributed by atoms with Crippen LogP contribution in [0.15, 0.2) is 35.7 Å². The summed E-state index contributed by atoms with van der Waals surface area (Å²) in [7, 11) is 1.39. The molecule has 0 radical (unpaired) electrons. The Hall–Kier alpha value is -1.82. The Labute approximate surface area is 121 Å². The van der Waals surface area contributed by atoms with Gasteiger partial charge >= 0.3 is 5.97 Å². The molecule has 0 bridgehead atoms. The van der Waals surface area contributed by atoms with Crippen molar-refractivity contribution in [1.29, 1.82) is 0 Å². The van der Waals surface area contributed by atoms with E-state index in [9.17, 15) is 4.79 Å². The number of methoxy groups -OCH3 is 1. The fourth-order valence-electron chi connectivity index (χ4n) is 1.94. The van der Waals surface area contributed by atoms with E-state index < -0.39 is 0 Å². The van der Waals surface area contributed by atoms with Gasteiger partial charge in [0.1, 0.15) is 6.33 Å². The number of thioether (sulfide) groups is 1. The molecule has 0 unspecified atom stereocenters. The predicted octanol–water partition coefficient (Wildman–Crippen LogP) is 2.69. The first kappa shape index (κ1) is 13.2. The van der Waals surface area contributed by atoms with Gasteiger partial charge in [-0.25, -0.2) is 4.79 Å². The predicted molar refractivity (Wildman–Crippen MR) is 75.6 cm³/mol. The molecule has 1 aliphatic carbocycles. The number of rotatable bonds is 5. The summed E-state index contributed by atoms with van der Waals surface area (Å²) in [6.45, 7) is 0. The van der Waals surface area contributed by atoms with Crippen LogP contribution < -0.4 is 0 Å². The maximum absolute atomic E-state index is 11.3. The van der Waals surface area contributed by atoms with Crippen molar-refractivity contribution < 1.29 is 9.53 Å². The molecule has 1 heterocycles. The molecule has 0 aliphatic heterocycles. The van der Waals surface area contributed by atoms with E-state index in [1.807, 2.05) is 12.1 Å². The Morgan fingerprint density at radius 2 is 2.15 bits per heavy atom. The van der Waals surface area contributed by atoms with Crippen LogP contribution in [0.3, 0.4) is 0 Å².